The van der Waals surface area contributed by atoms with Gasteiger partial charge in [0.1, 0.15) is 0 Å². The average Bonchev–Trinajstić information content (AvgIpc) is 2.34. The molecule has 0 nitrogen and oxygen atoms in total. The maximum absolute atomic E-state index is 2.54. The second-order valence-electron chi connectivity index (χ2n) is 7.46. The van der Waals surface area contributed by atoms with Gasteiger partial charge in [-0.25, -0.2) is 0 Å². The van der Waals surface area contributed by atoms with Crippen molar-refractivity contribution in [3.8, 4) is 0 Å². The quantitative estimate of drug-likeness (QED) is 0.568. The third-order valence-electron chi connectivity index (χ3n) is 5.29. The summed E-state index contributed by atoms with van der Waals surface area (Å²) in [6.07, 6.45) is 15.2. The van der Waals surface area contributed by atoms with Crippen molar-refractivity contribution in [1.29, 1.82) is 0 Å². The third-order valence-corrected chi connectivity index (χ3v) is 6.56. The fourth-order valence-electron chi connectivity index (χ4n) is 3.40. The molecule has 0 bridgehead atoms. The van der Waals surface area contributed by atoms with Crippen LogP contribution in [-0.2, 0) is 0 Å². The van der Waals surface area contributed by atoms with E-state index in [0.717, 1.165) is 5.25 Å². The van der Waals surface area contributed by atoms with E-state index in [9.17, 15) is 0 Å². The number of hydrogen-bond acceptors (Lipinski definition) is 1. The van der Waals surface area contributed by atoms with E-state index in [4.69, 9.17) is 0 Å². The molecular weight excluding hydrogens is 236 g/mol. The van der Waals surface area contributed by atoms with Crippen molar-refractivity contribution in [2.45, 2.75) is 90.7 Å². The zero-order valence-electron chi connectivity index (χ0n) is 13.3. The summed E-state index contributed by atoms with van der Waals surface area (Å²) in [5.74, 6) is 0. The van der Waals surface area contributed by atoms with E-state index in [2.05, 4.69) is 45.7 Å². The first-order chi connectivity index (χ1) is 8.40. The van der Waals surface area contributed by atoms with E-state index < -0.39 is 0 Å². The molecule has 108 valence electrons. The molecule has 1 saturated carbocycles. The fraction of sp³-hybridized carbons (Fsp3) is 1.00. The minimum Gasteiger partial charge on any atom is -0.162 e. The van der Waals surface area contributed by atoms with Gasteiger partial charge in [0.15, 0.2) is 0 Å². The van der Waals surface area contributed by atoms with Crippen LogP contribution in [0.4, 0.5) is 0 Å². The Bertz CT molecular complexity index is 234. The topological polar surface area (TPSA) is 0 Å². The Morgan fingerprint density at radius 3 is 1.89 bits per heavy atom. The van der Waals surface area contributed by atoms with E-state index in [1.807, 2.05) is 0 Å². The second kappa shape index (κ2) is 7.22. The van der Waals surface area contributed by atoms with Crippen LogP contribution in [-0.4, -0.2) is 11.5 Å². The summed E-state index contributed by atoms with van der Waals surface area (Å²) in [5.41, 5.74) is 1.15. The lowest BCUT2D eigenvalue weighted by Crippen LogP contribution is -2.28. The van der Waals surface area contributed by atoms with Gasteiger partial charge in [-0.05, 0) is 42.8 Å². The first-order valence-corrected chi connectivity index (χ1v) is 9.21. The molecule has 0 aliphatic heterocycles. The van der Waals surface area contributed by atoms with E-state index >= 15 is 0 Å². The van der Waals surface area contributed by atoms with Crippen LogP contribution in [0.25, 0.3) is 0 Å². The van der Waals surface area contributed by atoms with Gasteiger partial charge in [0.25, 0.3) is 0 Å². The largest absolute Gasteiger partial charge is 0.162 e. The van der Waals surface area contributed by atoms with Gasteiger partial charge in [-0.15, -0.1) is 0 Å². The normalized spacial score (nSPS) is 32.5. The van der Waals surface area contributed by atoms with Crippen molar-refractivity contribution < 1.29 is 0 Å². The first kappa shape index (κ1) is 16.4. The Morgan fingerprint density at radius 1 is 0.778 bits per heavy atom. The van der Waals surface area contributed by atoms with Gasteiger partial charge < -0.3 is 0 Å². The van der Waals surface area contributed by atoms with Crippen LogP contribution in [0.15, 0.2) is 0 Å². The van der Waals surface area contributed by atoms with Crippen molar-refractivity contribution in [1.82, 2.24) is 0 Å². The molecule has 0 N–H and O–H groups in total. The molecule has 2 atom stereocenters. The van der Waals surface area contributed by atoms with Crippen molar-refractivity contribution in [3.05, 3.63) is 0 Å². The number of hydrogen-bond donors (Lipinski definition) is 0. The molecule has 0 amide bonds. The molecule has 0 aromatic rings. The predicted molar refractivity (Wildman–Crippen MR) is 86.4 cm³/mol. The van der Waals surface area contributed by atoms with E-state index in [1.54, 1.807) is 0 Å². The van der Waals surface area contributed by atoms with Crippen LogP contribution in [0, 0.1) is 10.8 Å². The van der Waals surface area contributed by atoms with Crippen molar-refractivity contribution >= 4 is 11.8 Å². The highest BCUT2D eigenvalue weighted by molar-refractivity contribution is 7.99. The van der Waals surface area contributed by atoms with Crippen LogP contribution in [0.2, 0.25) is 0 Å². The molecule has 18 heavy (non-hydrogen) atoms. The summed E-state index contributed by atoms with van der Waals surface area (Å²) < 4.78 is 0. The Morgan fingerprint density at radius 2 is 1.28 bits per heavy atom. The number of rotatable bonds is 2. The molecule has 0 aromatic heterocycles. The molecule has 1 aliphatic carbocycles. The standard InChI is InChI=1S/C17H34S/c1-15(18-5)17(4)13-9-7-6-8-11-16(2,3)12-10-14-17/h15H,6-14H2,1-5H3. The van der Waals surface area contributed by atoms with Crippen molar-refractivity contribution in [2.75, 3.05) is 6.26 Å². The zero-order chi connectivity index (χ0) is 13.6. The summed E-state index contributed by atoms with van der Waals surface area (Å²) in [5, 5.41) is 0.807. The smallest absolute Gasteiger partial charge is 0.00697 e. The molecular formula is C17H34S. The maximum Gasteiger partial charge on any atom is 0.00697 e. The second-order valence-corrected chi connectivity index (χ2v) is 8.64. The van der Waals surface area contributed by atoms with E-state index in [0.29, 0.717) is 10.8 Å². The predicted octanol–water partition coefficient (Wildman–Crippen LogP) is 6.29. The molecule has 0 aromatic carbocycles. The molecule has 0 radical (unpaired) electrons. The molecule has 0 heterocycles. The Labute approximate surface area is 120 Å². The summed E-state index contributed by atoms with van der Waals surface area (Å²) in [6.45, 7) is 9.93. The SMILES string of the molecule is CSC(C)C1(C)CCCCCCC(C)(C)CCC1. The molecule has 2 unspecified atom stereocenters. The van der Waals surface area contributed by atoms with Crippen LogP contribution >= 0.6 is 11.8 Å². The average molecular weight is 271 g/mol. The highest BCUT2D eigenvalue weighted by Crippen LogP contribution is 2.42. The van der Waals surface area contributed by atoms with Gasteiger partial charge in [-0.1, -0.05) is 59.8 Å². The van der Waals surface area contributed by atoms with Gasteiger partial charge in [-0.3, -0.25) is 0 Å². The minimum atomic E-state index is 0.569. The van der Waals surface area contributed by atoms with Crippen molar-refractivity contribution in [3.63, 3.8) is 0 Å². The maximum atomic E-state index is 2.54. The Hall–Kier alpha value is 0.350. The molecule has 0 saturated heterocycles. The highest BCUT2D eigenvalue weighted by Gasteiger charge is 2.31. The molecule has 1 rings (SSSR count). The Kier molecular flexibility index (Phi) is 6.58. The highest BCUT2D eigenvalue weighted by atomic mass is 32.2. The summed E-state index contributed by atoms with van der Waals surface area (Å²) in [4.78, 5) is 0. The van der Waals surface area contributed by atoms with Crippen LogP contribution in [0.5, 0.6) is 0 Å². The summed E-state index contributed by atoms with van der Waals surface area (Å²) in [6, 6.07) is 0. The lowest BCUT2D eigenvalue weighted by molar-refractivity contribution is 0.228. The van der Waals surface area contributed by atoms with Crippen LogP contribution in [0.3, 0.4) is 0 Å². The van der Waals surface area contributed by atoms with E-state index in [1.165, 1.54) is 57.8 Å². The molecule has 1 aliphatic rings. The van der Waals surface area contributed by atoms with Gasteiger partial charge in [0.05, 0.1) is 0 Å². The first-order valence-electron chi connectivity index (χ1n) is 7.92. The van der Waals surface area contributed by atoms with Crippen LogP contribution < -0.4 is 0 Å². The fourth-order valence-corrected chi connectivity index (χ4v) is 4.20. The Balaban J connectivity index is 2.64. The summed E-state index contributed by atoms with van der Waals surface area (Å²) >= 11 is 2.06. The van der Waals surface area contributed by atoms with Crippen LogP contribution in [0.1, 0.15) is 85.5 Å². The van der Waals surface area contributed by atoms with Gasteiger partial charge in [-0.2, -0.15) is 11.8 Å². The third kappa shape index (κ3) is 5.15. The molecule has 0 spiro atoms. The molecule has 1 heteroatoms. The van der Waals surface area contributed by atoms with Crippen molar-refractivity contribution in [2.24, 2.45) is 10.8 Å². The number of thioether (sulfide) groups is 1. The van der Waals surface area contributed by atoms with Gasteiger partial charge in [0, 0.05) is 5.25 Å². The van der Waals surface area contributed by atoms with Gasteiger partial charge >= 0.3 is 0 Å². The monoisotopic (exact) mass is 270 g/mol. The summed E-state index contributed by atoms with van der Waals surface area (Å²) in [7, 11) is 0. The minimum absolute atomic E-state index is 0.569. The lowest BCUT2D eigenvalue weighted by Gasteiger charge is -2.36. The van der Waals surface area contributed by atoms with E-state index in [-0.39, 0.29) is 0 Å². The lowest BCUT2D eigenvalue weighted by atomic mass is 9.75. The van der Waals surface area contributed by atoms with Gasteiger partial charge in [0.2, 0.25) is 0 Å². The zero-order valence-corrected chi connectivity index (χ0v) is 14.2. The molecule has 1 fully saturated rings.